The van der Waals surface area contributed by atoms with Gasteiger partial charge in [0, 0.05) is 15.7 Å². The van der Waals surface area contributed by atoms with Gasteiger partial charge in [-0.15, -0.1) is 0 Å². The minimum Gasteiger partial charge on any atom is -0.496 e. The number of methoxy groups -OCH3 is 1. The highest BCUT2D eigenvalue weighted by molar-refractivity contribution is 9.10. The second-order valence-corrected chi connectivity index (χ2v) is 5.68. The van der Waals surface area contributed by atoms with E-state index >= 15 is 0 Å². The fourth-order valence-corrected chi connectivity index (χ4v) is 2.38. The second kappa shape index (κ2) is 6.18. The molecule has 0 saturated heterocycles. The molecule has 2 aromatic carbocycles. The van der Waals surface area contributed by atoms with E-state index < -0.39 is 11.5 Å². The number of halogens is 1. The van der Waals surface area contributed by atoms with Gasteiger partial charge in [-0.05, 0) is 37.3 Å². The maximum Gasteiger partial charge on any atom is 0.333 e. The van der Waals surface area contributed by atoms with Gasteiger partial charge in [-0.2, -0.15) is 0 Å². The molecule has 0 saturated carbocycles. The molecule has 4 nitrogen and oxygen atoms in total. The summed E-state index contributed by atoms with van der Waals surface area (Å²) in [6.07, 6.45) is 0. The lowest BCUT2D eigenvalue weighted by molar-refractivity contribution is -0.142. The number of aliphatic carboxylic acids is 1. The molecule has 110 valence electrons. The van der Waals surface area contributed by atoms with Gasteiger partial charge in [-0.3, -0.25) is 0 Å². The zero-order valence-corrected chi connectivity index (χ0v) is 13.3. The minimum atomic E-state index is -1.29. The Bertz CT molecular complexity index is 642. The molecule has 0 bridgehead atoms. The van der Waals surface area contributed by atoms with Crippen LogP contribution >= 0.6 is 15.9 Å². The number of carboxylic acid groups (broad SMARTS) is 1. The molecule has 0 aliphatic rings. The smallest absolute Gasteiger partial charge is 0.333 e. The average Bonchev–Trinajstić information content (AvgIpc) is 2.49. The third-order valence-corrected chi connectivity index (χ3v) is 3.84. The standard InChI is InChI=1S/C16H16BrNO3/c1-16(15(19)20,13-5-3-4-6-14(13)21-2)18-12-9-7-11(17)8-10-12/h3-10,18H,1-2H3,(H,19,20). The molecule has 2 rings (SSSR count). The van der Waals surface area contributed by atoms with Crippen LogP contribution in [0.1, 0.15) is 12.5 Å². The van der Waals surface area contributed by atoms with Crippen molar-refractivity contribution in [3.8, 4) is 5.75 Å². The minimum absolute atomic E-state index is 0.534. The summed E-state index contributed by atoms with van der Waals surface area (Å²) in [4.78, 5) is 11.8. The van der Waals surface area contributed by atoms with Crippen LogP contribution < -0.4 is 10.1 Å². The van der Waals surface area contributed by atoms with Crippen LogP contribution in [0.25, 0.3) is 0 Å². The van der Waals surface area contributed by atoms with Crippen LogP contribution in [-0.4, -0.2) is 18.2 Å². The Kier molecular flexibility index (Phi) is 4.53. The maximum atomic E-state index is 11.8. The van der Waals surface area contributed by atoms with Crippen molar-refractivity contribution in [2.75, 3.05) is 12.4 Å². The van der Waals surface area contributed by atoms with Crippen molar-refractivity contribution >= 4 is 27.6 Å². The van der Waals surface area contributed by atoms with Crippen LogP contribution in [0.5, 0.6) is 5.75 Å². The van der Waals surface area contributed by atoms with Crippen LogP contribution in [0.4, 0.5) is 5.69 Å². The molecule has 1 unspecified atom stereocenters. The topological polar surface area (TPSA) is 58.6 Å². The first-order valence-corrected chi connectivity index (χ1v) is 7.17. The molecule has 0 aliphatic heterocycles. The van der Waals surface area contributed by atoms with E-state index in [4.69, 9.17) is 4.74 Å². The third kappa shape index (κ3) is 3.19. The van der Waals surface area contributed by atoms with Crippen LogP contribution in [0.2, 0.25) is 0 Å². The Hall–Kier alpha value is -2.01. The first kappa shape index (κ1) is 15.4. The summed E-state index contributed by atoms with van der Waals surface area (Å²) in [5, 5.41) is 12.8. The zero-order valence-electron chi connectivity index (χ0n) is 11.8. The molecule has 2 aromatic rings. The molecule has 0 heterocycles. The molecule has 1 atom stereocenters. The Morgan fingerprint density at radius 3 is 2.38 bits per heavy atom. The van der Waals surface area contributed by atoms with E-state index in [0.29, 0.717) is 17.0 Å². The van der Waals surface area contributed by atoms with Crippen molar-refractivity contribution in [1.29, 1.82) is 0 Å². The highest BCUT2D eigenvalue weighted by atomic mass is 79.9. The van der Waals surface area contributed by atoms with Gasteiger partial charge in [0.25, 0.3) is 0 Å². The number of carbonyl (C=O) groups is 1. The summed E-state index contributed by atoms with van der Waals surface area (Å²) < 4.78 is 6.22. The second-order valence-electron chi connectivity index (χ2n) is 4.76. The molecule has 0 amide bonds. The van der Waals surface area contributed by atoms with Crippen LogP contribution in [0.15, 0.2) is 53.0 Å². The molecule has 2 N–H and O–H groups in total. The normalized spacial score (nSPS) is 13.3. The number of nitrogens with one attached hydrogen (secondary N) is 1. The molecule has 0 spiro atoms. The molecule has 0 fully saturated rings. The summed E-state index contributed by atoms with van der Waals surface area (Å²) in [5.74, 6) is -0.443. The zero-order chi connectivity index (χ0) is 15.5. The van der Waals surface area contributed by atoms with Crippen molar-refractivity contribution in [1.82, 2.24) is 0 Å². The quantitative estimate of drug-likeness (QED) is 0.860. The summed E-state index contributed by atoms with van der Waals surface area (Å²) >= 11 is 3.36. The average molecular weight is 350 g/mol. The Morgan fingerprint density at radius 2 is 1.81 bits per heavy atom. The third-order valence-electron chi connectivity index (χ3n) is 3.31. The predicted molar refractivity (Wildman–Crippen MR) is 85.7 cm³/mol. The van der Waals surface area contributed by atoms with Crippen LogP contribution in [-0.2, 0) is 10.3 Å². The lowest BCUT2D eigenvalue weighted by Gasteiger charge is -2.29. The van der Waals surface area contributed by atoms with Crippen LogP contribution in [0.3, 0.4) is 0 Å². The lowest BCUT2D eigenvalue weighted by atomic mass is 9.90. The fourth-order valence-electron chi connectivity index (χ4n) is 2.12. The first-order valence-electron chi connectivity index (χ1n) is 6.38. The monoisotopic (exact) mass is 349 g/mol. The van der Waals surface area contributed by atoms with Crippen molar-refractivity contribution in [3.63, 3.8) is 0 Å². The lowest BCUT2D eigenvalue weighted by Crippen LogP contribution is -2.40. The number of benzene rings is 2. The van der Waals surface area contributed by atoms with Crippen molar-refractivity contribution < 1.29 is 14.6 Å². The first-order chi connectivity index (χ1) is 9.97. The number of ether oxygens (including phenoxy) is 1. The van der Waals surface area contributed by atoms with Crippen LogP contribution in [0, 0.1) is 0 Å². The van der Waals surface area contributed by atoms with E-state index in [0.717, 1.165) is 4.47 Å². The molecular weight excluding hydrogens is 334 g/mol. The number of hydrogen-bond acceptors (Lipinski definition) is 3. The predicted octanol–water partition coefficient (Wildman–Crippen LogP) is 3.87. The largest absolute Gasteiger partial charge is 0.496 e. The molecule has 0 radical (unpaired) electrons. The van der Waals surface area contributed by atoms with Crippen molar-refractivity contribution in [3.05, 3.63) is 58.6 Å². The van der Waals surface area contributed by atoms with E-state index in [1.165, 1.54) is 7.11 Å². The van der Waals surface area contributed by atoms with Gasteiger partial charge >= 0.3 is 5.97 Å². The molecule has 5 heteroatoms. The SMILES string of the molecule is COc1ccccc1C(C)(Nc1ccc(Br)cc1)C(=O)O. The van der Waals surface area contributed by atoms with E-state index in [2.05, 4.69) is 21.2 Å². The van der Waals surface area contributed by atoms with E-state index in [-0.39, 0.29) is 0 Å². The van der Waals surface area contributed by atoms with Gasteiger partial charge < -0.3 is 15.2 Å². The highest BCUT2D eigenvalue weighted by Gasteiger charge is 2.37. The summed E-state index contributed by atoms with van der Waals surface area (Å²) in [6, 6.07) is 14.5. The van der Waals surface area contributed by atoms with Gasteiger partial charge in [-0.1, -0.05) is 34.1 Å². The molecule has 21 heavy (non-hydrogen) atoms. The molecule has 0 aliphatic carbocycles. The van der Waals surface area contributed by atoms with Gasteiger partial charge in [0.2, 0.25) is 0 Å². The number of anilines is 1. The Morgan fingerprint density at radius 1 is 1.19 bits per heavy atom. The molecule has 0 aromatic heterocycles. The number of carboxylic acids is 1. The fraction of sp³-hybridized carbons (Fsp3) is 0.188. The van der Waals surface area contributed by atoms with Gasteiger partial charge in [-0.25, -0.2) is 4.79 Å². The van der Waals surface area contributed by atoms with Crippen molar-refractivity contribution in [2.45, 2.75) is 12.5 Å². The Labute approximate surface area is 131 Å². The summed E-state index contributed by atoms with van der Waals surface area (Å²) in [5.41, 5.74) is -0.00242. The van der Waals surface area contributed by atoms with E-state index in [1.54, 1.807) is 25.1 Å². The number of rotatable bonds is 5. The highest BCUT2D eigenvalue weighted by Crippen LogP contribution is 2.33. The van der Waals surface area contributed by atoms with Gasteiger partial charge in [0.1, 0.15) is 5.75 Å². The van der Waals surface area contributed by atoms with E-state index in [9.17, 15) is 9.90 Å². The number of hydrogen-bond donors (Lipinski definition) is 2. The van der Waals surface area contributed by atoms with E-state index in [1.807, 2.05) is 30.3 Å². The number of para-hydroxylation sites is 1. The molecular formula is C16H16BrNO3. The van der Waals surface area contributed by atoms with Crippen molar-refractivity contribution in [2.24, 2.45) is 0 Å². The maximum absolute atomic E-state index is 11.8. The Balaban J connectivity index is 2.45. The summed E-state index contributed by atoms with van der Waals surface area (Å²) in [6.45, 7) is 1.62. The van der Waals surface area contributed by atoms with Gasteiger partial charge in [0.15, 0.2) is 5.54 Å². The van der Waals surface area contributed by atoms with Gasteiger partial charge in [0.05, 0.1) is 7.11 Å². The summed E-state index contributed by atoms with van der Waals surface area (Å²) in [7, 11) is 1.53.